The van der Waals surface area contributed by atoms with Crippen molar-refractivity contribution in [1.29, 1.82) is 0 Å². The van der Waals surface area contributed by atoms with Crippen LogP contribution in [0.5, 0.6) is 5.88 Å². The fraction of sp³-hybridized carbons (Fsp3) is 0. The topological polar surface area (TPSA) is 37.5 Å². The van der Waals surface area contributed by atoms with Crippen LogP contribution >= 0.6 is 11.3 Å². The summed E-state index contributed by atoms with van der Waals surface area (Å²) in [7, 11) is 0. The van der Waals surface area contributed by atoms with Gasteiger partial charge in [0.2, 0.25) is 5.88 Å². The van der Waals surface area contributed by atoms with E-state index in [0.717, 1.165) is 21.4 Å². The zero-order valence-electron chi connectivity index (χ0n) is 8.79. The molecule has 0 saturated carbocycles. The average molecular weight is 240 g/mol. The lowest BCUT2D eigenvalue weighted by Gasteiger charge is -1.98. The summed E-state index contributed by atoms with van der Waals surface area (Å²) in [4.78, 5) is 5.41. The molecular weight excluding hydrogens is 232 g/mol. The van der Waals surface area contributed by atoms with Crippen LogP contribution in [0.3, 0.4) is 0 Å². The van der Waals surface area contributed by atoms with Gasteiger partial charge in [0.15, 0.2) is 4.96 Å². The molecule has 0 atom stereocenters. The molecule has 82 valence electrons. The van der Waals surface area contributed by atoms with Crippen LogP contribution in [-0.4, -0.2) is 14.5 Å². The Bertz CT molecular complexity index is 860. The quantitative estimate of drug-likeness (QED) is 0.511. The Morgan fingerprint density at radius 3 is 2.94 bits per heavy atom. The Morgan fingerprint density at radius 1 is 1.12 bits per heavy atom. The van der Waals surface area contributed by atoms with E-state index in [-0.39, 0.29) is 5.88 Å². The first-order valence-electron chi connectivity index (χ1n) is 5.31. The standard InChI is InChI=1S/C13H8N2OS/c16-11-7-17-13-14-12-9-4-2-1-3-8(9)5-6-10(12)15(11)13/h1-7,16H. The monoisotopic (exact) mass is 240 g/mol. The second-order valence-electron chi connectivity index (χ2n) is 3.98. The molecule has 1 N–H and O–H groups in total. The summed E-state index contributed by atoms with van der Waals surface area (Å²) in [6, 6.07) is 12.2. The van der Waals surface area contributed by atoms with Gasteiger partial charge in [0.05, 0.1) is 16.4 Å². The van der Waals surface area contributed by atoms with Crippen molar-refractivity contribution in [1.82, 2.24) is 9.38 Å². The number of aromatic nitrogens is 2. The van der Waals surface area contributed by atoms with Gasteiger partial charge >= 0.3 is 0 Å². The lowest BCUT2D eigenvalue weighted by atomic mass is 10.1. The molecule has 0 spiro atoms. The lowest BCUT2D eigenvalue weighted by molar-refractivity contribution is 0.452. The van der Waals surface area contributed by atoms with Crippen molar-refractivity contribution >= 4 is 38.1 Å². The van der Waals surface area contributed by atoms with E-state index in [0.29, 0.717) is 0 Å². The van der Waals surface area contributed by atoms with Crippen LogP contribution in [0.1, 0.15) is 0 Å². The number of aromatic hydroxyl groups is 1. The molecular formula is C13H8N2OS. The molecule has 2 aromatic heterocycles. The minimum absolute atomic E-state index is 0.253. The van der Waals surface area contributed by atoms with Crippen LogP contribution in [0.2, 0.25) is 0 Å². The third-order valence-electron chi connectivity index (χ3n) is 3.02. The molecule has 4 rings (SSSR count). The predicted octanol–water partition coefficient (Wildman–Crippen LogP) is 3.41. The van der Waals surface area contributed by atoms with Gasteiger partial charge in [-0.1, -0.05) is 30.3 Å². The van der Waals surface area contributed by atoms with Crippen molar-refractivity contribution in [2.45, 2.75) is 0 Å². The number of hydrogen-bond donors (Lipinski definition) is 1. The molecule has 2 heterocycles. The second kappa shape index (κ2) is 2.99. The number of thiazole rings is 1. The third-order valence-corrected chi connectivity index (χ3v) is 3.83. The van der Waals surface area contributed by atoms with Gasteiger partial charge in [-0.05, 0) is 11.5 Å². The van der Waals surface area contributed by atoms with Crippen LogP contribution in [-0.2, 0) is 0 Å². The minimum Gasteiger partial charge on any atom is -0.494 e. The summed E-state index contributed by atoms with van der Waals surface area (Å²) in [6.07, 6.45) is 0. The number of benzene rings is 2. The van der Waals surface area contributed by atoms with E-state index in [1.54, 1.807) is 9.78 Å². The number of rotatable bonds is 0. The van der Waals surface area contributed by atoms with Crippen molar-refractivity contribution in [2.75, 3.05) is 0 Å². The molecule has 17 heavy (non-hydrogen) atoms. The maximum absolute atomic E-state index is 9.80. The fourth-order valence-corrected chi connectivity index (χ4v) is 3.01. The van der Waals surface area contributed by atoms with Gasteiger partial charge in [-0.3, -0.25) is 4.40 Å². The summed E-state index contributed by atoms with van der Waals surface area (Å²) in [6.45, 7) is 0. The fourth-order valence-electron chi connectivity index (χ4n) is 2.25. The molecule has 0 bridgehead atoms. The largest absolute Gasteiger partial charge is 0.494 e. The summed E-state index contributed by atoms with van der Waals surface area (Å²) < 4.78 is 1.78. The van der Waals surface area contributed by atoms with Gasteiger partial charge in [0.25, 0.3) is 0 Å². The molecule has 3 nitrogen and oxygen atoms in total. The molecule has 2 aromatic carbocycles. The van der Waals surface area contributed by atoms with E-state index in [1.807, 2.05) is 18.2 Å². The number of hydrogen-bond acceptors (Lipinski definition) is 3. The van der Waals surface area contributed by atoms with Crippen molar-refractivity contribution in [3.8, 4) is 5.88 Å². The highest BCUT2D eigenvalue weighted by molar-refractivity contribution is 7.15. The number of fused-ring (bicyclic) bond motifs is 5. The van der Waals surface area contributed by atoms with E-state index in [9.17, 15) is 5.11 Å². The molecule has 0 fully saturated rings. The summed E-state index contributed by atoms with van der Waals surface area (Å²) in [5, 5.41) is 13.8. The lowest BCUT2D eigenvalue weighted by Crippen LogP contribution is -1.79. The molecule has 0 amide bonds. The molecule has 4 aromatic rings. The Morgan fingerprint density at radius 2 is 2.00 bits per heavy atom. The average Bonchev–Trinajstić information content (AvgIpc) is 2.90. The van der Waals surface area contributed by atoms with Gasteiger partial charge in [-0.25, -0.2) is 4.98 Å². The molecule has 0 saturated heterocycles. The molecule has 0 unspecified atom stereocenters. The maximum atomic E-state index is 9.80. The van der Waals surface area contributed by atoms with Crippen LogP contribution in [0.15, 0.2) is 41.8 Å². The molecule has 0 aliphatic heterocycles. The van der Waals surface area contributed by atoms with Crippen molar-refractivity contribution < 1.29 is 5.11 Å². The van der Waals surface area contributed by atoms with Crippen molar-refractivity contribution in [3.05, 3.63) is 41.8 Å². The Labute approximate surface area is 101 Å². The maximum Gasteiger partial charge on any atom is 0.208 e. The first-order chi connectivity index (χ1) is 8.34. The zero-order valence-corrected chi connectivity index (χ0v) is 9.61. The highest BCUT2D eigenvalue weighted by Crippen LogP contribution is 2.31. The van der Waals surface area contributed by atoms with Crippen LogP contribution in [0, 0.1) is 0 Å². The summed E-state index contributed by atoms with van der Waals surface area (Å²) >= 11 is 1.45. The normalized spacial score (nSPS) is 11.8. The molecule has 0 aliphatic carbocycles. The Kier molecular flexibility index (Phi) is 1.58. The molecule has 4 heteroatoms. The Hall–Kier alpha value is -2.07. The van der Waals surface area contributed by atoms with Gasteiger partial charge < -0.3 is 5.11 Å². The third kappa shape index (κ3) is 1.08. The van der Waals surface area contributed by atoms with Gasteiger partial charge in [-0.15, -0.1) is 11.3 Å². The number of imidazole rings is 1. The van der Waals surface area contributed by atoms with Crippen LogP contribution in [0.4, 0.5) is 0 Å². The Balaban J connectivity index is 2.34. The van der Waals surface area contributed by atoms with Crippen molar-refractivity contribution in [2.24, 2.45) is 0 Å². The van der Waals surface area contributed by atoms with Crippen molar-refractivity contribution in [3.63, 3.8) is 0 Å². The summed E-state index contributed by atoms with van der Waals surface area (Å²) in [5.41, 5.74) is 1.91. The van der Waals surface area contributed by atoms with E-state index < -0.39 is 0 Å². The highest BCUT2D eigenvalue weighted by Gasteiger charge is 2.11. The molecule has 0 radical (unpaired) electrons. The zero-order chi connectivity index (χ0) is 11.4. The van der Waals surface area contributed by atoms with Gasteiger partial charge in [0, 0.05) is 5.39 Å². The highest BCUT2D eigenvalue weighted by atomic mass is 32.1. The first-order valence-corrected chi connectivity index (χ1v) is 6.19. The SMILES string of the molecule is Oc1csc2nc3c4ccccc4ccc3n12. The predicted molar refractivity (Wildman–Crippen MR) is 69.7 cm³/mol. The molecule has 0 aliphatic rings. The van der Waals surface area contributed by atoms with E-state index >= 15 is 0 Å². The second-order valence-corrected chi connectivity index (χ2v) is 4.81. The summed E-state index contributed by atoms with van der Waals surface area (Å²) in [5.74, 6) is 0.253. The first kappa shape index (κ1) is 9.01. The van der Waals surface area contributed by atoms with E-state index in [4.69, 9.17) is 0 Å². The van der Waals surface area contributed by atoms with E-state index in [1.165, 1.54) is 16.7 Å². The van der Waals surface area contributed by atoms with E-state index in [2.05, 4.69) is 23.2 Å². The van der Waals surface area contributed by atoms with Gasteiger partial charge in [-0.2, -0.15) is 0 Å². The van der Waals surface area contributed by atoms with Crippen LogP contribution in [0.25, 0.3) is 26.8 Å². The minimum atomic E-state index is 0.253. The van der Waals surface area contributed by atoms with Crippen LogP contribution < -0.4 is 0 Å². The van der Waals surface area contributed by atoms with Gasteiger partial charge in [0.1, 0.15) is 0 Å². The number of nitrogens with zero attached hydrogens (tertiary/aromatic N) is 2. The smallest absolute Gasteiger partial charge is 0.208 e.